The summed E-state index contributed by atoms with van der Waals surface area (Å²) in [7, 11) is -3.53. The predicted octanol–water partition coefficient (Wildman–Crippen LogP) is 2.50. The number of hydrogen-bond acceptors (Lipinski definition) is 3. The highest BCUT2D eigenvalue weighted by molar-refractivity contribution is 7.89. The molecule has 0 saturated heterocycles. The van der Waals surface area contributed by atoms with Crippen LogP contribution in [0.5, 0.6) is 0 Å². The Morgan fingerprint density at radius 1 is 1.19 bits per heavy atom. The Hall–Kier alpha value is -2.03. The molecule has 0 unspecified atom stereocenters. The summed E-state index contributed by atoms with van der Waals surface area (Å²) >= 11 is 0. The minimum absolute atomic E-state index is 0.275. The number of anilines is 1. The van der Waals surface area contributed by atoms with Crippen molar-refractivity contribution in [3.63, 3.8) is 0 Å². The van der Waals surface area contributed by atoms with Gasteiger partial charge in [0.1, 0.15) is 0 Å². The number of sulfonamides is 1. The van der Waals surface area contributed by atoms with Crippen LogP contribution >= 0.6 is 0 Å². The quantitative estimate of drug-likeness (QED) is 0.489. The van der Waals surface area contributed by atoms with Crippen molar-refractivity contribution in [3.05, 3.63) is 36.4 Å². The van der Waals surface area contributed by atoms with Gasteiger partial charge < -0.3 is 5.73 Å². The number of nitrogens with one attached hydrogen (secondary N) is 1. The minimum Gasteiger partial charge on any atom is -0.399 e. The number of terminal acetylenes is 1. The molecule has 2 rings (SSSR count). The van der Waals surface area contributed by atoms with E-state index in [1.54, 1.807) is 30.3 Å². The van der Waals surface area contributed by atoms with E-state index < -0.39 is 10.0 Å². The highest BCUT2D eigenvalue weighted by Gasteiger charge is 2.16. The first-order chi connectivity index (χ1) is 10.0. The van der Waals surface area contributed by atoms with E-state index in [0.717, 1.165) is 18.2 Å². The normalized spacial score (nSPS) is 11.4. The Morgan fingerprint density at radius 2 is 2.00 bits per heavy atom. The topological polar surface area (TPSA) is 72.2 Å². The van der Waals surface area contributed by atoms with Gasteiger partial charge in [-0.2, -0.15) is 0 Å². The lowest BCUT2D eigenvalue weighted by Gasteiger charge is -2.09. The van der Waals surface area contributed by atoms with Crippen LogP contribution in [0.1, 0.15) is 19.3 Å². The van der Waals surface area contributed by atoms with Crippen LogP contribution in [0.25, 0.3) is 10.8 Å². The molecule has 0 fully saturated rings. The summed E-state index contributed by atoms with van der Waals surface area (Å²) in [6.45, 7) is 0.384. The highest BCUT2D eigenvalue weighted by Crippen LogP contribution is 2.24. The molecule has 0 aromatic heterocycles. The monoisotopic (exact) mass is 302 g/mol. The second-order valence-corrected chi connectivity index (χ2v) is 6.53. The second kappa shape index (κ2) is 6.61. The van der Waals surface area contributed by atoms with Crippen LogP contribution in [0.15, 0.2) is 41.3 Å². The lowest BCUT2D eigenvalue weighted by Crippen LogP contribution is -2.25. The van der Waals surface area contributed by atoms with E-state index in [2.05, 4.69) is 10.6 Å². The van der Waals surface area contributed by atoms with E-state index in [-0.39, 0.29) is 4.90 Å². The minimum atomic E-state index is -3.53. The molecular weight excluding hydrogens is 284 g/mol. The van der Waals surface area contributed by atoms with Crippen LogP contribution < -0.4 is 10.5 Å². The largest absolute Gasteiger partial charge is 0.399 e. The number of hydrogen-bond donors (Lipinski definition) is 2. The van der Waals surface area contributed by atoms with Gasteiger partial charge in [-0.1, -0.05) is 18.2 Å². The molecule has 0 atom stereocenters. The van der Waals surface area contributed by atoms with E-state index in [9.17, 15) is 8.42 Å². The van der Waals surface area contributed by atoms with E-state index in [0.29, 0.717) is 24.0 Å². The summed E-state index contributed by atoms with van der Waals surface area (Å²) < 4.78 is 27.4. The lowest BCUT2D eigenvalue weighted by molar-refractivity contribution is 0.578. The van der Waals surface area contributed by atoms with Crippen LogP contribution in [0, 0.1) is 12.3 Å². The predicted molar refractivity (Wildman–Crippen MR) is 86.2 cm³/mol. The van der Waals surface area contributed by atoms with Gasteiger partial charge in [0.25, 0.3) is 0 Å². The van der Waals surface area contributed by atoms with Crippen LogP contribution in [0.2, 0.25) is 0 Å². The lowest BCUT2D eigenvalue weighted by atomic mass is 10.1. The molecule has 0 heterocycles. The molecule has 0 saturated carbocycles. The van der Waals surface area contributed by atoms with E-state index >= 15 is 0 Å². The van der Waals surface area contributed by atoms with Gasteiger partial charge in [-0.15, -0.1) is 12.3 Å². The van der Waals surface area contributed by atoms with Gasteiger partial charge in [0.15, 0.2) is 0 Å². The Balaban J connectivity index is 2.22. The molecule has 3 N–H and O–H groups in total. The summed E-state index contributed by atoms with van der Waals surface area (Å²) in [5, 5.41) is 1.48. The third-order valence-corrected chi connectivity index (χ3v) is 4.71. The number of rotatable bonds is 6. The molecule has 21 heavy (non-hydrogen) atoms. The van der Waals surface area contributed by atoms with Gasteiger partial charge in [0.2, 0.25) is 10.0 Å². The fraction of sp³-hybridized carbons (Fsp3) is 0.250. The van der Waals surface area contributed by atoms with Crippen molar-refractivity contribution >= 4 is 26.5 Å². The highest BCUT2D eigenvalue weighted by atomic mass is 32.2. The molecule has 2 aromatic carbocycles. The van der Waals surface area contributed by atoms with Gasteiger partial charge in [-0.3, -0.25) is 0 Å². The van der Waals surface area contributed by atoms with Gasteiger partial charge >= 0.3 is 0 Å². The SMILES string of the molecule is C#CCCCCNS(=O)(=O)c1cccc2cc(N)ccc12. The van der Waals surface area contributed by atoms with Gasteiger partial charge in [0, 0.05) is 24.0 Å². The molecule has 0 amide bonds. The van der Waals surface area contributed by atoms with Crippen molar-refractivity contribution < 1.29 is 8.42 Å². The van der Waals surface area contributed by atoms with Gasteiger partial charge in [0.05, 0.1) is 4.90 Å². The fourth-order valence-corrected chi connectivity index (χ4v) is 3.44. The summed E-state index contributed by atoms with van der Waals surface area (Å²) in [6.07, 6.45) is 7.36. The van der Waals surface area contributed by atoms with Gasteiger partial charge in [-0.25, -0.2) is 13.1 Å². The van der Waals surface area contributed by atoms with Crippen molar-refractivity contribution in [2.45, 2.75) is 24.2 Å². The number of benzene rings is 2. The molecular formula is C16H18N2O2S. The average molecular weight is 302 g/mol. The van der Waals surface area contributed by atoms with Gasteiger partial charge in [-0.05, 0) is 36.4 Å². The molecule has 0 spiro atoms. The van der Waals surface area contributed by atoms with Crippen LogP contribution in [-0.2, 0) is 10.0 Å². The summed E-state index contributed by atoms with van der Waals surface area (Å²) in [5.41, 5.74) is 6.34. The fourth-order valence-electron chi connectivity index (χ4n) is 2.14. The zero-order valence-corrected chi connectivity index (χ0v) is 12.5. The van der Waals surface area contributed by atoms with Crippen LogP contribution in [-0.4, -0.2) is 15.0 Å². The molecule has 0 bridgehead atoms. The summed E-state index contributed by atoms with van der Waals surface area (Å²) in [4.78, 5) is 0.275. The van der Waals surface area contributed by atoms with E-state index in [1.165, 1.54) is 0 Å². The Labute approximate surface area is 125 Å². The van der Waals surface area contributed by atoms with Crippen LogP contribution in [0.4, 0.5) is 5.69 Å². The van der Waals surface area contributed by atoms with Crippen molar-refractivity contribution in [2.24, 2.45) is 0 Å². The number of fused-ring (bicyclic) bond motifs is 1. The number of nitrogens with two attached hydrogens (primary N) is 1. The Kier molecular flexibility index (Phi) is 4.84. The first-order valence-electron chi connectivity index (χ1n) is 6.76. The van der Waals surface area contributed by atoms with E-state index in [4.69, 9.17) is 12.2 Å². The molecule has 0 radical (unpaired) electrons. The standard InChI is InChI=1S/C16H18N2O2S/c1-2-3-4-5-11-18-21(19,20)16-8-6-7-13-12-14(17)9-10-15(13)16/h1,6-10,12,18H,3-5,11,17H2. The average Bonchev–Trinajstić information content (AvgIpc) is 2.46. The smallest absolute Gasteiger partial charge is 0.241 e. The third-order valence-electron chi connectivity index (χ3n) is 3.19. The molecule has 0 aliphatic heterocycles. The molecule has 5 heteroatoms. The summed E-state index contributed by atoms with van der Waals surface area (Å²) in [6, 6.07) is 10.4. The zero-order chi connectivity index (χ0) is 15.3. The number of unbranched alkanes of at least 4 members (excludes halogenated alkanes) is 2. The van der Waals surface area contributed by atoms with Crippen molar-refractivity contribution in [1.29, 1.82) is 0 Å². The molecule has 0 aliphatic rings. The van der Waals surface area contributed by atoms with Crippen molar-refractivity contribution in [1.82, 2.24) is 4.72 Å². The molecule has 0 aliphatic carbocycles. The Bertz CT molecular complexity index is 776. The van der Waals surface area contributed by atoms with Crippen LogP contribution in [0.3, 0.4) is 0 Å². The number of nitrogen functional groups attached to an aromatic ring is 1. The maximum absolute atomic E-state index is 12.4. The maximum Gasteiger partial charge on any atom is 0.241 e. The van der Waals surface area contributed by atoms with Crippen molar-refractivity contribution in [2.75, 3.05) is 12.3 Å². The first kappa shape index (κ1) is 15.4. The summed E-state index contributed by atoms with van der Waals surface area (Å²) in [5.74, 6) is 2.54. The molecule has 110 valence electrons. The first-order valence-corrected chi connectivity index (χ1v) is 8.24. The maximum atomic E-state index is 12.4. The van der Waals surface area contributed by atoms with E-state index in [1.807, 2.05) is 6.07 Å². The third kappa shape index (κ3) is 3.75. The molecule has 4 nitrogen and oxygen atoms in total. The van der Waals surface area contributed by atoms with Crippen molar-refractivity contribution in [3.8, 4) is 12.3 Å². The molecule has 2 aromatic rings. The zero-order valence-electron chi connectivity index (χ0n) is 11.7. The second-order valence-electron chi connectivity index (χ2n) is 4.80. The Morgan fingerprint density at radius 3 is 2.76 bits per heavy atom.